The molecule has 0 aliphatic rings. The summed E-state index contributed by atoms with van der Waals surface area (Å²) in [5, 5.41) is 0. The van der Waals surface area contributed by atoms with Crippen molar-refractivity contribution in [2.75, 3.05) is 13.1 Å². The molecule has 0 atom stereocenters. The van der Waals surface area contributed by atoms with Gasteiger partial charge in [-0.2, -0.15) is 0 Å². The SMILES string of the molecule is NCCC[13CH2]CC[13CH2]CCN. The lowest BCUT2D eigenvalue weighted by molar-refractivity contribution is 0.585. The molecule has 0 bridgehead atoms. The van der Waals surface area contributed by atoms with Gasteiger partial charge >= 0.3 is 0 Å². The molecule has 0 spiro atoms. The smallest absolute Gasteiger partial charge is 0.00773 e. The highest BCUT2D eigenvalue weighted by atomic mass is 14.5. The predicted octanol–water partition coefficient (Wildman–Crippen LogP) is 1.63. The van der Waals surface area contributed by atoms with Crippen molar-refractivity contribution in [3.63, 3.8) is 0 Å². The van der Waals surface area contributed by atoms with E-state index >= 15 is 0 Å². The molecule has 4 N–H and O–H groups in total. The largest absolute Gasteiger partial charge is 0.330 e. The van der Waals surface area contributed by atoms with Crippen molar-refractivity contribution in [3.05, 3.63) is 0 Å². The quantitative estimate of drug-likeness (QED) is 0.419. The summed E-state index contributed by atoms with van der Waals surface area (Å²) in [6, 6.07) is 0. The molecule has 0 heterocycles. The Morgan fingerprint density at radius 1 is 0.455 bits per heavy atom. The van der Waals surface area contributed by atoms with Gasteiger partial charge < -0.3 is 11.5 Å². The van der Waals surface area contributed by atoms with Gasteiger partial charge in [-0.25, -0.2) is 0 Å². The summed E-state index contributed by atoms with van der Waals surface area (Å²) in [6.07, 6.45) is 9.05. The van der Waals surface area contributed by atoms with E-state index < -0.39 is 0 Å². The highest BCUT2D eigenvalue weighted by molar-refractivity contribution is 4.46. The van der Waals surface area contributed by atoms with Crippen LogP contribution in [0.25, 0.3) is 0 Å². The number of hydrogen-bond donors (Lipinski definition) is 2. The van der Waals surface area contributed by atoms with E-state index in [-0.39, 0.29) is 0 Å². The summed E-state index contributed by atoms with van der Waals surface area (Å²) >= 11 is 0. The zero-order valence-electron chi connectivity index (χ0n) is 7.52. The van der Waals surface area contributed by atoms with Gasteiger partial charge in [-0.1, -0.05) is 32.1 Å². The van der Waals surface area contributed by atoms with Crippen LogP contribution in [0.2, 0.25) is 0 Å². The highest BCUT2D eigenvalue weighted by Crippen LogP contribution is 2.05. The molecule has 0 aliphatic heterocycles. The average molecular weight is 160 g/mol. The van der Waals surface area contributed by atoms with Crippen molar-refractivity contribution in [1.29, 1.82) is 0 Å². The molecule has 68 valence electrons. The molecule has 11 heavy (non-hydrogen) atoms. The Morgan fingerprint density at radius 3 is 1.00 bits per heavy atom. The highest BCUT2D eigenvalue weighted by Gasteiger charge is 1.89. The van der Waals surface area contributed by atoms with Crippen molar-refractivity contribution < 1.29 is 0 Å². The van der Waals surface area contributed by atoms with Crippen LogP contribution >= 0.6 is 0 Å². The maximum atomic E-state index is 5.37. The van der Waals surface area contributed by atoms with Gasteiger partial charge in [0.1, 0.15) is 0 Å². The van der Waals surface area contributed by atoms with Gasteiger partial charge in [0.05, 0.1) is 0 Å². The average Bonchev–Trinajstić information content (AvgIpc) is 2.03. The van der Waals surface area contributed by atoms with Crippen molar-refractivity contribution in [2.24, 2.45) is 11.5 Å². The van der Waals surface area contributed by atoms with Gasteiger partial charge in [0.15, 0.2) is 0 Å². The summed E-state index contributed by atoms with van der Waals surface area (Å²) in [5.74, 6) is 0. The number of nitrogens with two attached hydrogens (primary N) is 2. The van der Waals surface area contributed by atoms with Crippen LogP contribution in [0.1, 0.15) is 44.9 Å². The minimum atomic E-state index is 0.850. The van der Waals surface area contributed by atoms with Crippen LogP contribution in [0.15, 0.2) is 0 Å². The van der Waals surface area contributed by atoms with Crippen molar-refractivity contribution in [1.82, 2.24) is 0 Å². The fraction of sp³-hybridized carbons (Fsp3) is 1.00. The van der Waals surface area contributed by atoms with Crippen LogP contribution in [0.4, 0.5) is 0 Å². The van der Waals surface area contributed by atoms with Gasteiger partial charge in [0.25, 0.3) is 0 Å². The summed E-state index contributed by atoms with van der Waals surface area (Å²) in [5.41, 5.74) is 10.7. The van der Waals surface area contributed by atoms with Crippen LogP contribution in [-0.2, 0) is 0 Å². The van der Waals surface area contributed by atoms with Gasteiger partial charge in [-0.05, 0) is 25.9 Å². The van der Waals surface area contributed by atoms with E-state index in [0.29, 0.717) is 0 Å². The Labute approximate surface area is 70.3 Å². The summed E-state index contributed by atoms with van der Waals surface area (Å²) < 4.78 is 0. The van der Waals surface area contributed by atoms with E-state index in [2.05, 4.69) is 0 Å². The Hall–Kier alpha value is -0.0800. The second-order valence-electron chi connectivity index (χ2n) is 3.05. The first-order chi connectivity index (χ1) is 5.41. The lowest BCUT2D eigenvalue weighted by Gasteiger charge is -1.99. The van der Waals surface area contributed by atoms with Gasteiger partial charge in [0, 0.05) is 0 Å². The van der Waals surface area contributed by atoms with Crippen LogP contribution in [0.5, 0.6) is 0 Å². The number of hydrogen-bond acceptors (Lipinski definition) is 2. The molecule has 0 saturated carbocycles. The van der Waals surface area contributed by atoms with E-state index in [1.165, 1.54) is 44.9 Å². The molecular formula is C9H22N2. The first-order valence-electron chi connectivity index (χ1n) is 4.82. The van der Waals surface area contributed by atoms with Crippen LogP contribution in [0, 0.1) is 0 Å². The molecule has 0 saturated heterocycles. The molecule has 2 nitrogen and oxygen atoms in total. The third kappa shape index (κ3) is 9.92. The number of unbranched alkanes of at least 4 members (excludes halogenated alkanes) is 6. The first kappa shape index (κ1) is 10.9. The molecule has 2 heteroatoms. The zero-order chi connectivity index (χ0) is 8.36. The Morgan fingerprint density at radius 2 is 0.727 bits per heavy atom. The maximum Gasteiger partial charge on any atom is -0.00773 e. The number of rotatable bonds is 8. The molecular weight excluding hydrogens is 138 g/mol. The maximum absolute atomic E-state index is 5.37. The lowest BCUT2D eigenvalue weighted by atomic mass is 10.3. The minimum Gasteiger partial charge on any atom is -0.330 e. The standard InChI is InChI=1S/C9H22N2/c10-8-6-4-2-1-3-5-7-9-11/h1-11H2/i2+1,5+1. The molecule has 0 amide bonds. The normalized spacial score (nSPS) is 10.4. The van der Waals surface area contributed by atoms with E-state index in [0.717, 1.165) is 13.1 Å². The Kier molecular flexibility index (Phi) is 9.85. The molecule has 0 rings (SSSR count). The molecule has 0 fully saturated rings. The third-order valence-electron chi connectivity index (χ3n) is 1.91. The molecule has 0 aromatic heterocycles. The Balaban J connectivity index is 2.69. The first-order valence-corrected chi connectivity index (χ1v) is 4.82. The van der Waals surface area contributed by atoms with Gasteiger partial charge in [-0.15, -0.1) is 0 Å². The third-order valence-corrected chi connectivity index (χ3v) is 1.91. The van der Waals surface area contributed by atoms with Crippen LogP contribution in [-0.4, -0.2) is 13.1 Å². The van der Waals surface area contributed by atoms with E-state index in [1.807, 2.05) is 0 Å². The summed E-state index contributed by atoms with van der Waals surface area (Å²) in [4.78, 5) is 0. The van der Waals surface area contributed by atoms with Crippen LogP contribution < -0.4 is 11.5 Å². The zero-order valence-corrected chi connectivity index (χ0v) is 7.52. The topological polar surface area (TPSA) is 52.0 Å². The monoisotopic (exact) mass is 160 g/mol. The van der Waals surface area contributed by atoms with Crippen molar-refractivity contribution in [2.45, 2.75) is 44.9 Å². The summed E-state index contributed by atoms with van der Waals surface area (Å²) in [6.45, 7) is 1.70. The molecule has 0 radical (unpaired) electrons. The van der Waals surface area contributed by atoms with E-state index in [1.54, 1.807) is 0 Å². The molecule has 0 aliphatic carbocycles. The van der Waals surface area contributed by atoms with Crippen molar-refractivity contribution >= 4 is 0 Å². The minimum absolute atomic E-state index is 0.850. The lowest BCUT2D eigenvalue weighted by Crippen LogP contribution is -1.98. The molecule has 0 unspecified atom stereocenters. The van der Waals surface area contributed by atoms with E-state index in [9.17, 15) is 0 Å². The molecule has 0 aromatic carbocycles. The van der Waals surface area contributed by atoms with Gasteiger partial charge in [-0.3, -0.25) is 0 Å². The van der Waals surface area contributed by atoms with Crippen molar-refractivity contribution in [3.8, 4) is 0 Å². The van der Waals surface area contributed by atoms with E-state index in [4.69, 9.17) is 11.5 Å². The predicted molar refractivity (Wildman–Crippen MR) is 50.4 cm³/mol. The fourth-order valence-corrected chi connectivity index (χ4v) is 1.17. The second kappa shape index (κ2) is 9.92. The fourth-order valence-electron chi connectivity index (χ4n) is 1.17. The van der Waals surface area contributed by atoms with Gasteiger partial charge in [0.2, 0.25) is 0 Å². The van der Waals surface area contributed by atoms with Crippen LogP contribution in [0.3, 0.4) is 0 Å². The molecule has 0 aromatic rings. The second-order valence-corrected chi connectivity index (χ2v) is 3.05. The summed E-state index contributed by atoms with van der Waals surface area (Å²) in [7, 11) is 0. The Bertz CT molecular complexity index is 56.6.